The monoisotopic (exact) mass is 272 g/mol. The molecule has 112 valence electrons. The van der Waals surface area contributed by atoms with Gasteiger partial charge in [-0.15, -0.1) is 0 Å². The van der Waals surface area contributed by atoms with Crippen molar-refractivity contribution < 1.29 is 14.6 Å². The van der Waals surface area contributed by atoms with Crippen LogP contribution in [0.4, 0.5) is 0 Å². The van der Waals surface area contributed by atoms with Gasteiger partial charge in [-0.3, -0.25) is 9.69 Å². The summed E-state index contributed by atoms with van der Waals surface area (Å²) in [6, 6.07) is 0. The number of hydrogen-bond acceptors (Lipinski definition) is 4. The average molecular weight is 272 g/mol. The summed E-state index contributed by atoms with van der Waals surface area (Å²) in [5.41, 5.74) is 0. The quantitative estimate of drug-likeness (QED) is 0.742. The smallest absolute Gasteiger partial charge is 0.222 e. The number of hydrogen-bond donors (Lipinski definition) is 1. The van der Waals surface area contributed by atoms with E-state index in [2.05, 4.69) is 4.90 Å². The number of carbonyl (C=O) groups is 1. The highest BCUT2D eigenvalue weighted by atomic mass is 16.5. The Kier molecular flexibility index (Phi) is 7.34. The van der Waals surface area contributed by atoms with E-state index < -0.39 is 0 Å². The molecular formula is C14H28N2O3. The van der Waals surface area contributed by atoms with E-state index >= 15 is 0 Å². The Morgan fingerprint density at radius 1 is 1.37 bits per heavy atom. The Hall–Kier alpha value is -0.650. The number of nitrogens with zero attached hydrogens (tertiary/aromatic N) is 2. The van der Waals surface area contributed by atoms with Crippen molar-refractivity contribution in [1.82, 2.24) is 9.80 Å². The summed E-state index contributed by atoms with van der Waals surface area (Å²) < 4.78 is 5.60. The van der Waals surface area contributed by atoms with Crippen molar-refractivity contribution in [1.29, 1.82) is 0 Å². The molecule has 1 fully saturated rings. The molecule has 0 saturated carbocycles. The lowest BCUT2D eigenvalue weighted by Crippen LogP contribution is -2.48. The van der Waals surface area contributed by atoms with Gasteiger partial charge in [-0.05, 0) is 33.7 Å². The number of carbonyl (C=O) groups excluding carboxylic acids is 1. The number of morpholine rings is 1. The van der Waals surface area contributed by atoms with Gasteiger partial charge in [0, 0.05) is 32.6 Å². The highest BCUT2D eigenvalue weighted by Crippen LogP contribution is 2.11. The molecule has 2 unspecified atom stereocenters. The summed E-state index contributed by atoms with van der Waals surface area (Å²) in [7, 11) is 0. The number of aliphatic hydroxyl groups is 1. The summed E-state index contributed by atoms with van der Waals surface area (Å²) in [6.07, 6.45) is 1.56. The van der Waals surface area contributed by atoms with Crippen LogP contribution in [0.5, 0.6) is 0 Å². The molecule has 1 aliphatic heterocycles. The Morgan fingerprint density at radius 2 is 2.05 bits per heavy atom. The van der Waals surface area contributed by atoms with E-state index in [1.54, 1.807) is 0 Å². The molecule has 19 heavy (non-hydrogen) atoms. The van der Waals surface area contributed by atoms with Gasteiger partial charge < -0.3 is 14.7 Å². The van der Waals surface area contributed by atoms with Crippen LogP contribution < -0.4 is 0 Å². The number of amides is 1. The minimum absolute atomic E-state index is 0.0687. The van der Waals surface area contributed by atoms with Crippen LogP contribution >= 0.6 is 0 Å². The van der Waals surface area contributed by atoms with E-state index in [-0.39, 0.29) is 24.7 Å². The SMILES string of the molecule is CCN(CC)C(=O)CCCN1CC(C)OC(CO)C1. The molecule has 0 bridgehead atoms. The highest BCUT2D eigenvalue weighted by Gasteiger charge is 2.24. The molecule has 1 aliphatic rings. The maximum atomic E-state index is 11.9. The summed E-state index contributed by atoms with van der Waals surface area (Å²) in [6.45, 7) is 10.2. The molecule has 0 radical (unpaired) electrons. The third kappa shape index (κ3) is 5.47. The van der Waals surface area contributed by atoms with Gasteiger partial charge in [-0.2, -0.15) is 0 Å². The fourth-order valence-electron chi connectivity index (χ4n) is 2.61. The van der Waals surface area contributed by atoms with Gasteiger partial charge in [-0.25, -0.2) is 0 Å². The number of aliphatic hydroxyl groups excluding tert-OH is 1. The lowest BCUT2D eigenvalue weighted by atomic mass is 10.2. The number of rotatable bonds is 7. The first-order chi connectivity index (χ1) is 9.10. The molecule has 2 atom stereocenters. The standard InChI is InChI=1S/C14H28N2O3/c1-4-16(5-2)14(18)7-6-8-15-9-12(3)19-13(10-15)11-17/h12-13,17H,4-11H2,1-3H3. The second-order valence-corrected chi connectivity index (χ2v) is 5.18. The molecule has 1 amide bonds. The molecule has 0 aromatic carbocycles. The number of ether oxygens (including phenoxy) is 1. The Balaban J connectivity index is 2.26. The fraction of sp³-hybridized carbons (Fsp3) is 0.929. The van der Waals surface area contributed by atoms with Crippen molar-refractivity contribution in [2.24, 2.45) is 0 Å². The van der Waals surface area contributed by atoms with Crippen LogP contribution in [0.1, 0.15) is 33.6 Å². The van der Waals surface area contributed by atoms with Crippen molar-refractivity contribution in [2.45, 2.75) is 45.8 Å². The van der Waals surface area contributed by atoms with Crippen LogP contribution in [0.3, 0.4) is 0 Å². The van der Waals surface area contributed by atoms with Crippen molar-refractivity contribution in [3.8, 4) is 0 Å². The summed E-state index contributed by atoms with van der Waals surface area (Å²) in [5.74, 6) is 0.241. The van der Waals surface area contributed by atoms with E-state index in [4.69, 9.17) is 9.84 Å². The second kappa shape index (κ2) is 8.51. The van der Waals surface area contributed by atoms with Crippen LogP contribution in [-0.2, 0) is 9.53 Å². The van der Waals surface area contributed by atoms with E-state index in [1.807, 2.05) is 25.7 Å². The summed E-state index contributed by atoms with van der Waals surface area (Å²) in [5, 5.41) is 9.16. The first-order valence-electron chi connectivity index (χ1n) is 7.37. The average Bonchev–Trinajstić information content (AvgIpc) is 2.39. The maximum Gasteiger partial charge on any atom is 0.222 e. The van der Waals surface area contributed by atoms with Crippen molar-refractivity contribution in [3.63, 3.8) is 0 Å². The zero-order chi connectivity index (χ0) is 14.3. The first-order valence-corrected chi connectivity index (χ1v) is 7.37. The van der Waals surface area contributed by atoms with E-state index in [9.17, 15) is 4.79 Å². The van der Waals surface area contributed by atoms with Crippen molar-refractivity contribution in [2.75, 3.05) is 39.3 Å². The fourth-order valence-corrected chi connectivity index (χ4v) is 2.61. The molecule has 5 nitrogen and oxygen atoms in total. The van der Waals surface area contributed by atoms with Crippen molar-refractivity contribution in [3.05, 3.63) is 0 Å². The zero-order valence-electron chi connectivity index (χ0n) is 12.5. The second-order valence-electron chi connectivity index (χ2n) is 5.18. The highest BCUT2D eigenvalue weighted by molar-refractivity contribution is 5.76. The first kappa shape index (κ1) is 16.4. The molecule has 0 aromatic rings. The molecule has 0 aromatic heterocycles. The Labute approximate surface area is 116 Å². The Morgan fingerprint density at radius 3 is 2.63 bits per heavy atom. The topological polar surface area (TPSA) is 53.0 Å². The molecule has 1 heterocycles. The summed E-state index contributed by atoms with van der Waals surface area (Å²) >= 11 is 0. The maximum absolute atomic E-state index is 11.9. The molecule has 5 heteroatoms. The minimum Gasteiger partial charge on any atom is -0.394 e. The Bertz CT molecular complexity index is 269. The van der Waals surface area contributed by atoms with E-state index in [0.29, 0.717) is 6.42 Å². The predicted octanol–water partition coefficient (Wildman–Crippen LogP) is 0.717. The van der Waals surface area contributed by atoms with Gasteiger partial charge in [0.1, 0.15) is 0 Å². The van der Waals surface area contributed by atoms with Crippen LogP contribution in [-0.4, -0.2) is 72.4 Å². The molecule has 1 rings (SSSR count). The third-order valence-corrected chi connectivity index (χ3v) is 3.59. The van der Waals surface area contributed by atoms with Crippen LogP contribution in [0.25, 0.3) is 0 Å². The van der Waals surface area contributed by atoms with Gasteiger partial charge >= 0.3 is 0 Å². The van der Waals surface area contributed by atoms with E-state index in [1.165, 1.54) is 0 Å². The molecule has 0 aliphatic carbocycles. The molecular weight excluding hydrogens is 244 g/mol. The predicted molar refractivity (Wildman–Crippen MR) is 75.0 cm³/mol. The summed E-state index contributed by atoms with van der Waals surface area (Å²) in [4.78, 5) is 16.0. The molecule has 1 N–H and O–H groups in total. The van der Waals surface area contributed by atoms with Gasteiger partial charge in [0.05, 0.1) is 18.8 Å². The lowest BCUT2D eigenvalue weighted by molar-refractivity contribution is -0.131. The largest absolute Gasteiger partial charge is 0.394 e. The van der Waals surface area contributed by atoms with Gasteiger partial charge in [-0.1, -0.05) is 0 Å². The van der Waals surface area contributed by atoms with Gasteiger partial charge in [0.15, 0.2) is 0 Å². The minimum atomic E-state index is -0.0813. The van der Waals surface area contributed by atoms with Crippen LogP contribution in [0, 0.1) is 0 Å². The normalized spacial score (nSPS) is 24.4. The van der Waals surface area contributed by atoms with Crippen molar-refractivity contribution >= 4 is 5.91 Å². The van der Waals surface area contributed by atoms with Crippen LogP contribution in [0.2, 0.25) is 0 Å². The van der Waals surface area contributed by atoms with E-state index in [0.717, 1.165) is 39.1 Å². The van der Waals surface area contributed by atoms with Gasteiger partial charge in [0.2, 0.25) is 5.91 Å². The third-order valence-electron chi connectivity index (χ3n) is 3.59. The van der Waals surface area contributed by atoms with Crippen LogP contribution in [0.15, 0.2) is 0 Å². The zero-order valence-corrected chi connectivity index (χ0v) is 12.5. The lowest BCUT2D eigenvalue weighted by Gasteiger charge is -2.36. The van der Waals surface area contributed by atoms with Gasteiger partial charge in [0.25, 0.3) is 0 Å². The molecule has 0 spiro atoms. The molecule has 1 saturated heterocycles.